The summed E-state index contributed by atoms with van der Waals surface area (Å²) in [6.45, 7) is 9.82. The molecular weight excluding hydrogens is 452 g/mol. The van der Waals surface area contributed by atoms with Crippen LogP contribution in [0.25, 0.3) is 11.3 Å². The molecule has 1 unspecified atom stereocenters. The molecule has 2 aromatic carbocycles. The summed E-state index contributed by atoms with van der Waals surface area (Å²) in [6.07, 6.45) is -0.649. The Balaban J connectivity index is 1.98. The summed E-state index contributed by atoms with van der Waals surface area (Å²) in [7, 11) is 1.73. The minimum atomic E-state index is -0.793. The third-order valence-corrected chi connectivity index (χ3v) is 5.33. The molecule has 1 N–H and O–H groups in total. The van der Waals surface area contributed by atoms with Crippen molar-refractivity contribution in [2.24, 2.45) is 13.0 Å². The molecule has 0 saturated carbocycles. The zero-order chi connectivity index (χ0) is 25.5. The Morgan fingerprint density at radius 2 is 1.74 bits per heavy atom. The van der Waals surface area contributed by atoms with E-state index in [0.717, 1.165) is 23.3 Å². The number of hydrogen-bond acceptors (Lipinski definition) is 5. The zero-order valence-electron chi connectivity index (χ0n) is 21.0. The average Bonchev–Trinajstić information content (AvgIpc) is 3.09. The van der Waals surface area contributed by atoms with Gasteiger partial charge in [-0.15, -0.1) is 0 Å². The van der Waals surface area contributed by atoms with E-state index in [2.05, 4.69) is 23.8 Å². The van der Waals surface area contributed by atoms with Crippen molar-refractivity contribution in [2.45, 2.75) is 46.4 Å². The minimum Gasteiger partial charge on any atom is -0.436 e. The van der Waals surface area contributed by atoms with Crippen LogP contribution in [-0.4, -0.2) is 51.7 Å². The van der Waals surface area contributed by atoms with Crippen LogP contribution in [-0.2, 0) is 18.3 Å². The Morgan fingerprint density at radius 3 is 2.37 bits per heavy atom. The molecule has 0 fully saturated rings. The van der Waals surface area contributed by atoms with Crippen LogP contribution < -0.4 is 4.74 Å². The summed E-state index contributed by atoms with van der Waals surface area (Å²) in [5, 5.41) is 15.3. The first kappa shape index (κ1) is 26.8. The first-order chi connectivity index (χ1) is 16.6. The van der Waals surface area contributed by atoms with Crippen LogP contribution >= 0.6 is 0 Å². The predicted molar refractivity (Wildman–Crippen MR) is 132 cm³/mol. The predicted octanol–water partition coefficient (Wildman–Crippen LogP) is 5.40. The smallest absolute Gasteiger partial charge is 0.222 e. The highest BCUT2D eigenvalue weighted by molar-refractivity contribution is 5.65. The molecule has 8 heteroatoms. The lowest BCUT2D eigenvalue weighted by molar-refractivity contribution is -0.0109. The van der Waals surface area contributed by atoms with Crippen molar-refractivity contribution in [1.82, 2.24) is 14.7 Å². The molecule has 35 heavy (non-hydrogen) atoms. The number of aromatic nitrogens is 2. The van der Waals surface area contributed by atoms with E-state index >= 15 is 0 Å². The molecule has 1 atom stereocenters. The Labute approximate surface area is 206 Å². The molecule has 1 aromatic heterocycles. The van der Waals surface area contributed by atoms with Crippen molar-refractivity contribution in [3.05, 3.63) is 65.7 Å². The van der Waals surface area contributed by atoms with Gasteiger partial charge >= 0.3 is 0 Å². The first-order valence-electron chi connectivity index (χ1n) is 11.9. The summed E-state index contributed by atoms with van der Waals surface area (Å²) in [5.41, 5.74) is 2.34. The van der Waals surface area contributed by atoms with E-state index in [0.29, 0.717) is 37.1 Å². The summed E-state index contributed by atoms with van der Waals surface area (Å²) >= 11 is 0. The highest BCUT2D eigenvalue weighted by Gasteiger charge is 2.24. The fourth-order valence-electron chi connectivity index (χ4n) is 3.91. The van der Waals surface area contributed by atoms with Crippen LogP contribution in [0, 0.1) is 17.6 Å². The lowest BCUT2D eigenvalue weighted by Gasteiger charge is -2.27. The van der Waals surface area contributed by atoms with Gasteiger partial charge in [0.25, 0.3) is 0 Å². The molecule has 0 bridgehead atoms. The average molecular weight is 488 g/mol. The van der Waals surface area contributed by atoms with Gasteiger partial charge < -0.3 is 14.6 Å². The number of rotatable bonds is 12. The third kappa shape index (κ3) is 7.59. The van der Waals surface area contributed by atoms with Crippen LogP contribution in [0.15, 0.2) is 48.5 Å². The van der Waals surface area contributed by atoms with Gasteiger partial charge in [0.05, 0.1) is 24.4 Å². The summed E-state index contributed by atoms with van der Waals surface area (Å²) < 4.78 is 41.0. The Morgan fingerprint density at radius 1 is 1.03 bits per heavy atom. The topological polar surface area (TPSA) is 59.8 Å². The van der Waals surface area contributed by atoms with Gasteiger partial charge in [0, 0.05) is 38.3 Å². The Hall–Kier alpha value is -2.81. The zero-order valence-corrected chi connectivity index (χ0v) is 21.0. The molecule has 0 aliphatic carbocycles. The number of hydrogen-bond donors (Lipinski definition) is 1. The lowest BCUT2D eigenvalue weighted by atomic mass is 10.1. The Kier molecular flexibility index (Phi) is 9.37. The molecule has 3 aromatic rings. The van der Waals surface area contributed by atoms with Gasteiger partial charge in [-0.2, -0.15) is 5.10 Å². The second-order valence-electron chi connectivity index (χ2n) is 9.42. The molecule has 0 aliphatic rings. The summed E-state index contributed by atoms with van der Waals surface area (Å²) in [4.78, 5) is 2.12. The van der Waals surface area contributed by atoms with Crippen LogP contribution in [0.3, 0.4) is 0 Å². The van der Waals surface area contributed by atoms with Crippen molar-refractivity contribution in [1.29, 1.82) is 0 Å². The lowest BCUT2D eigenvalue weighted by Crippen LogP contribution is -2.37. The maximum Gasteiger partial charge on any atom is 0.222 e. The third-order valence-electron chi connectivity index (χ3n) is 5.33. The van der Waals surface area contributed by atoms with Crippen LogP contribution in [0.5, 0.6) is 11.6 Å². The van der Waals surface area contributed by atoms with Crippen LogP contribution in [0.4, 0.5) is 8.78 Å². The molecule has 0 aliphatic heterocycles. The second-order valence-corrected chi connectivity index (χ2v) is 9.42. The molecule has 190 valence electrons. The van der Waals surface area contributed by atoms with E-state index in [1.807, 2.05) is 44.2 Å². The van der Waals surface area contributed by atoms with Gasteiger partial charge in [0.15, 0.2) is 11.6 Å². The SMILES string of the molecule is CC(C)CN(Cc1c(-c2ccccc2)nn(C)c1Oc1ccc(F)cc1F)CC(O)COC(C)C. The van der Waals surface area contributed by atoms with Gasteiger partial charge in [-0.25, -0.2) is 13.5 Å². The van der Waals surface area contributed by atoms with Crippen LogP contribution in [0.1, 0.15) is 33.3 Å². The number of aryl methyl sites for hydroxylation is 1. The normalized spacial score (nSPS) is 12.7. The standard InChI is InChI=1S/C27H35F2N3O3/c1-18(2)14-32(15-22(33)17-34-19(3)4)16-23-26(20-9-7-6-8-10-20)30-31(5)27(23)35-25-12-11-21(28)13-24(25)29/h6-13,18-19,22,33H,14-17H2,1-5H3. The van der Waals surface area contributed by atoms with E-state index in [-0.39, 0.29) is 18.5 Å². The van der Waals surface area contributed by atoms with Crippen molar-refractivity contribution in [2.75, 3.05) is 19.7 Å². The highest BCUT2D eigenvalue weighted by atomic mass is 19.1. The van der Waals surface area contributed by atoms with Crippen molar-refractivity contribution >= 4 is 0 Å². The number of aliphatic hydroxyl groups excluding tert-OH is 1. The first-order valence-corrected chi connectivity index (χ1v) is 11.9. The van der Waals surface area contributed by atoms with Gasteiger partial charge in [0.2, 0.25) is 5.88 Å². The number of nitrogens with zero attached hydrogens (tertiary/aromatic N) is 3. The molecule has 1 heterocycles. The van der Waals surface area contributed by atoms with E-state index in [1.165, 1.54) is 6.07 Å². The van der Waals surface area contributed by atoms with Crippen molar-refractivity contribution in [3.8, 4) is 22.9 Å². The second kappa shape index (κ2) is 12.2. The quantitative estimate of drug-likeness (QED) is 0.371. The minimum absolute atomic E-state index is 0.0248. The summed E-state index contributed by atoms with van der Waals surface area (Å²) in [6, 6.07) is 12.9. The molecule has 0 radical (unpaired) electrons. The molecule has 0 spiro atoms. The van der Waals surface area contributed by atoms with E-state index in [1.54, 1.807) is 11.7 Å². The Bertz CT molecular complexity index is 1090. The molecule has 3 rings (SSSR count). The number of benzene rings is 2. The number of ether oxygens (including phenoxy) is 2. The maximum atomic E-state index is 14.4. The van der Waals surface area contributed by atoms with Gasteiger partial charge in [-0.1, -0.05) is 44.2 Å². The van der Waals surface area contributed by atoms with Gasteiger partial charge in [0.1, 0.15) is 11.5 Å². The van der Waals surface area contributed by atoms with Crippen molar-refractivity contribution < 1.29 is 23.4 Å². The fraction of sp³-hybridized carbons (Fsp3) is 0.444. The number of aliphatic hydroxyl groups is 1. The van der Waals surface area contributed by atoms with Gasteiger partial charge in [-0.3, -0.25) is 4.90 Å². The molecule has 6 nitrogen and oxygen atoms in total. The highest BCUT2D eigenvalue weighted by Crippen LogP contribution is 2.35. The largest absolute Gasteiger partial charge is 0.436 e. The van der Waals surface area contributed by atoms with E-state index < -0.39 is 17.7 Å². The van der Waals surface area contributed by atoms with Crippen molar-refractivity contribution in [3.63, 3.8) is 0 Å². The molecular formula is C27H35F2N3O3. The monoisotopic (exact) mass is 487 g/mol. The van der Waals surface area contributed by atoms with E-state index in [9.17, 15) is 13.9 Å². The summed E-state index contributed by atoms with van der Waals surface area (Å²) in [5.74, 6) is -0.861. The van der Waals surface area contributed by atoms with Crippen LogP contribution in [0.2, 0.25) is 0 Å². The van der Waals surface area contributed by atoms with E-state index in [4.69, 9.17) is 9.47 Å². The van der Waals surface area contributed by atoms with Gasteiger partial charge in [-0.05, 0) is 31.9 Å². The fourth-order valence-corrected chi connectivity index (χ4v) is 3.91. The number of halogens is 2. The molecule has 0 amide bonds. The maximum absolute atomic E-state index is 14.4. The molecule has 0 saturated heterocycles.